The van der Waals surface area contributed by atoms with Crippen molar-refractivity contribution < 1.29 is 24.1 Å². The van der Waals surface area contributed by atoms with Gasteiger partial charge in [0.25, 0.3) is 0 Å². The molecule has 3 rings (SSSR count). The lowest BCUT2D eigenvalue weighted by Crippen LogP contribution is -2.38. The van der Waals surface area contributed by atoms with Gasteiger partial charge in [0.2, 0.25) is 0 Å². The Morgan fingerprint density at radius 1 is 1.36 bits per heavy atom. The number of ether oxygens (including phenoxy) is 3. The highest BCUT2D eigenvalue weighted by atomic mass is 16.7. The Balaban J connectivity index is 1.50. The Kier molecular flexibility index (Phi) is 5.75. The van der Waals surface area contributed by atoms with Crippen LogP contribution in [0.4, 0.5) is 4.79 Å². The molecule has 0 radical (unpaired) electrons. The first kappa shape index (κ1) is 17.5. The SMILES string of the molecule is COc1ccc2ccn(C3COC(CCCNNC(=O)O)OC3)c2c1. The largest absolute Gasteiger partial charge is 0.497 e. The molecule has 136 valence electrons. The minimum atomic E-state index is -1.09. The van der Waals surface area contributed by atoms with Crippen molar-refractivity contribution in [1.82, 2.24) is 15.4 Å². The van der Waals surface area contributed by atoms with Crippen molar-refractivity contribution in [3.63, 3.8) is 0 Å². The van der Waals surface area contributed by atoms with Crippen LogP contribution in [0.3, 0.4) is 0 Å². The summed E-state index contributed by atoms with van der Waals surface area (Å²) in [5, 5.41) is 9.61. The molecule has 8 heteroatoms. The number of nitrogens with one attached hydrogen (secondary N) is 2. The highest BCUT2D eigenvalue weighted by Crippen LogP contribution is 2.27. The molecule has 0 spiro atoms. The highest BCUT2D eigenvalue weighted by molar-refractivity contribution is 5.81. The summed E-state index contributed by atoms with van der Waals surface area (Å²) in [6, 6.07) is 8.19. The lowest BCUT2D eigenvalue weighted by molar-refractivity contribution is -0.198. The van der Waals surface area contributed by atoms with Gasteiger partial charge in [0.15, 0.2) is 6.29 Å². The number of amides is 1. The molecule has 2 heterocycles. The number of aromatic nitrogens is 1. The third-order valence-corrected chi connectivity index (χ3v) is 4.21. The lowest BCUT2D eigenvalue weighted by Gasteiger charge is -2.31. The Morgan fingerprint density at radius 2 is 2.16 bits per heavy atom. The summed E-state index contributed by atoms with van der Waals surface area (Å²) in [5.74, 6) is 0.824. The Hall–Kier alpha value is -2.29. The van der Waals surface area contributed by atoms with E-state index in [2.05, 4.69) is 21.5 Å². The number of carbonyl (C=O) groups is 1. The van der Waals surface area contributed by atoms with Crippen LogP contribution in [0.5, 0.6) is 5.75 Å². The molecule has 0 unspecified atom stereocenters. The molecule has 0 aliphatic carbocycles. The summed E-state index contributed by atoms with van der Waals surface area (Å²) in [7, 11) is 1.66. The van der Waals surface area contributed by atoms with E-state index < -0.39 is 6.09 Å². The molecule has 0 saturated carbocycles. The number of nitrogens with zero attached hydrogens (tertiary/aromatic N) is 1. The van der Waals surface area contributed by atoms with Gasteiger partial charge in [-0.1, -0.05) is 0 Å². The van der Waals surface area contributed by atoms with Gasteiger partial charge in [-0.25, -0.2) is 10.2 Å². The first-order valence-corrected chi connectivity index (χ1v) is 8.27. The van der Waals surface area contributed by atoms with Gasteiger partial charge in [0.1, 0.15) is 5.75 Å². The molecule has 1 aliphatic heterocycles. The number of carboxylic acid groups (broad SMARTS) is 1. The number of fused-ring (bicyclic) bond motifs is 1. The maximum absolute atomic E-state index is 10.3. The molecule has 0 atom stereocenters. The Morgan fingerprint density at radius 3 is 2.88 bits per heavy atom. The van der Waals surface area contributed by atoms with Crippen LogP contribution in [0.2, 0.25) is 0 Å². The van der Waals surface area contributed by atoms with E-state index in [-0.39, 0.29) is 12.3 Å². The molecule has 1 aromatic heterocycles. The van der Waals surface area contributed by atoms with Crippen LogP contribution in [0, 0.1) is 0 Å². The molecule has 1 aromatic carbocycles. The number of methoxy groups -OCH3 is 1. The standard InChI is InChI=1S/C17H23N3O5/c1-23-14-5-4-12-6-8-20(15(12)9-14)13-10-24-16(25-11-13)3-2-7-18-19-17(21)22/h4-6,8-9,13,16,18-19H,2-3,7,10-11H2,1H3,(H,21,22). The minimum Gasteiger partial charge on any atom is -0.497 e. The predicted octanol–water partition coefficient (Wildman–Crippen LogP) is 2.12. The highest BCUT2D eigenvalue weighted by Gasteiger charge is 2.24. The van der Waals surface area contributed by atoms with Crippen LogP contribution < -0.4 is 15.6 Å². The molecular weight excluding hydrogens is 326 g/mol. The van der Waals surface area contributed by atoms with Crippen LogP contribution in [0.25, 0.3) is 10.9 Å². The number of hydrogen-bond donors (Lipinski definition) is 3. The van der Waals surface area contributed by atoms with Gasteiger partial charge in [0, 0.05) is 18.8 Å². The number of hydrogen-bond acceptors (Lipinski definition) is 5. The van der Waals surface area contributed by atoms with Gasteiger partial charge < -0.3 is 23.9 Å². The fraction of sp³-hybridized carbons (Fsp3) is 0.471. The van der Waals surface area contributed by atoms with Gasteiger partial charge in [-0.15, -0.1) is 0 Å². The van der Waals surface area contributed by atoms with Crippen molar-refractivity contribution in [1.29, 1.82) is 0 Å². The van der Waals surface area contributed by atoms with E-state index in [1.54, 1.807) is 7.11 Å². The fourth-order valence-electron chi connectivity index (χ4n) is 2.93. The van der Waals surface area contributed by atoms with Crippen molar-refractivity contribution in [2.75, 3.05) is 26.9 Å². The normalized spacial score (nSPS) is 20.5. The zero-order valence-electron chi connectivity index (χ0n) is 14.1. The molecule has 1 fully saturated rings. The summed E-state index contributed by atoms with van der Waals surface area (Å²) in [4.78, 5) is 10.3. The first-order valence-electron chi connectivity index (χ1n) is 8.27. The summed E-state index contributed by atoms with van der Waals surface area (Å²) in [5.41, 5.74) is 5.81. The number of rotatable bonds is 7. The second-order valence-electron chi connectivity index (χ2n) is 5.90. The molecule has 1 amide bonds. The maximum Gasteiger partial charge on any atom is 0.419 e. The van der Waals surface area contributed by atoms with Crippen LogP contribution in [-0.4, -0.2) is 48.9 Å². The number of hydrazine groups is 1. The Bertz CT molecular complexity index is 709. The van der Waals surface area contributed by atoms with E-state index in [1.165, 1.54) is 0 Å². The first-order chi connectivity index (χ1) is 12.2. The average molecular weight is 349 g/mol. The molecule has 8 nitrogen and oxygen atoms in total. The van der Waals surface area contributed by atoms with E-state index in [9.17, 15) is 4.79 Å². The van der Waals surface area contributed by atoms with E-state index >= 15 is 0 Å². The van der Waals surface area contributed by atoms with Gasteiger partial charge in [0.05, 0.1) is 31.9 Å². The van der Waals surface area contributed by atoms with E-state index in [1.807, 2.05) is 24.4 Å². The maximum atomic E-state index is 10.3. The van der Waals surface area contributed by atoms with Crippen LogP contribution in [-0.2, 0) is 9.47 Å². The van der Waals surface area contributed by atoms with Crippen molar-refractivity contribution >= 4 is 17.0 Å². The zero-order valence-corrected chi connectivity index (χ0v) is 14.1. The van der Waals surface area contributed by atoms with E-state index in [0.717, 1.165) is 23.1 Å². The topological polar surface area (TPSA) is 94.0 Å². The minimum absolute atomic E-state index is 0.118. The third kappa shape index (κ3) is 4.41. The van der Waals surface area contributed by atoms with Gasteiger partial charge >= 0.3 is 6.09 Å². The summed E-state index contributed by atoms with van der Waals surface area (Å²) >= 11 is 0. The van der Waals surface area contributed by atoms with Crippen molar-refractivity contribution in [2.45, 2.75) is 25.2 Å². The van der Waals surface area contributed by atoms with Crippen LogP contribution in [0.1, 0.15) is 18.9 Å². The second-order valence-corrected chi connectivity index (χ2v) is 5.90. The Labute approximate surface area is 145 Å². The quantitative estimate of drug-likeness (QED) is 0.524. The van der Waals surface area contributed by atoms with Crippen LogP contribution in [0.15, 0.2) is 30.5 Å². The van der Waals surface area contributed by atoms with E-state index in [4.69, 9.17) is 19.3 Å². The number of benzene rings is 1. The zero-order chi connectivity index (χ0) is 17.6. The van der Waals surface area contributed by atoms with E-state index in [0.29, 0.717) is 26.2 Å². The second kappa shape index (κ2) is 8.19. The van der Waals surface area contributed by atoms with Gasteiger partial charge in [-0.2, -0.15) is 0 Å². The van der Waals surface area contributed by atoms with Gasteiger partial charge in [-0.3, -0.25) is 5.43 Å². The van der Waals surface area contributed by atoms with Crippen molar-refractivity contribution in [2.24, 2.45) is 0 Å². The van der Waals surface area contributed by atoms with Crippen molar-refractivity contribution in [3.05, 3.63) is 30.5 Å². The molecule has 1 aliphatic rings. The molecule has 1 saturated heterocycles. The molecule has 2 aromatic rings. The fourth-order valence-corrected chi connectivity index (χ4v) is 2.93. The molecule has 25 heavy (non-hydrogen) atoms. The lowest BCUT2D eigenvalue weighted by atomic mass is 10.2. The van der Waals surface area contributed by atoms with Crippen LogP contribution >= 0.6 is 0 Å². The summed E-state index contributed by atoms with van der Waals surface area (Å²) in [6.07, 6.45) is 2.16. The van der Waals surface area contributed by atoms with Crippen molar-refractivity contribution in [3.8, 4) is 5.75 Å². The van der Waals surface area contributed by atoms with Gasteiger partial charge in [-0.05, 0) is 36.4 Å². The average Bonchev–Trinajstić information content (AvgIpc) is 3.04. The summed E-state index contributed by atoms with van der Waals surface area (Å²) in [6.45, 7) is 1.68. The smallest absolute Gasteiger partial charge is 0.419 e. The summed E-state index contributed by atoms with van der Waals surface area (Å²) < 4.78 is 19.1. The molecular formula is C17H23N3O5. The monoisotopic (exact) mass is 349 g/mol. The molecule has 3 N–H and O–H groups in total. The molecule has 0 bridgehead atoms. The predicted molar refractivity (Wildman–Crippen MR) is 91.6 cm³/mol. The third-order valence-electron chi connectivity index (χ3n) is 4.21.